The van der Waals surface area contributed by atoms with E-state index in [0.29, 0.717) is 10.7 Å². The fourth-order valence-electron chi connectivity index (χ4n) is 2.51. The molecule has 0 spiro atoms. The van der Waals surface area contributed by atoms with E-state index in [0.717, 1.165) is 25.7 Å². The largest absolute Gasteiger partial charge is 0.391 e. The second-order valence-corrected chi connectivity index (χ2v) is 5.72. The monoisotopic (exact) mass is 310 g/mol. The van der Waals surface area contributed by atoms with Gasteiger partial charge in [0.15, 0.2) is 0 Å². The maximum absolute atomic E-state index is 11.7. The number of halogens is 1. The van der Waals surface area contributed by atoms with Crippen molar-refractivity contribution in [2.24, 2.45) is 5.92 Å². The zero-order valence-electron chi connectivity index (χ0n) is 11.6. The van der Waals surface area contributed by atoms with Gasteiger partial charge in [0, 0.05) is 17.3 Å². The molecule has 1 fully saturated rings. The maximum Gasteiger partial charge on any atom is 0.313 e. The number of nitrogens with one attached hydrogen (secondary N) is 2. The molecule has 6 heteroatoms. The highest BCUT2D eigenvalue weighted by Crippen LogP contribution is 2.27. The lowest BCUT2D eigenvalue weighted by Gasteiger charge is -2.17. The lowest BCUT2D eigenvalue weighted by Crippen LogP contribution is -2.41. The molecule has 3 N–H and O–H groups in total. The van der Waals surface area contributed by atoms with Crippen molar-refractivity contribution in [1.82, 2.24) is 5.32 Å². The highest BCUT2D eigenvalue weighted by Gasteiger charge is 2.24. The molecule has 0 aromatic heterocycles. The van der Waals surface area contributed by atoms with Crippen molar-refractivity contribution >= 4 is 29.1 Å². The average Bonchev–Trinajstić information content (AvgIpc) is 3.01. The van der Waals surface area contributed by atoms with Gasteiger partial charge in [-0.15, -0.1) is 0 Å². The van der Waals surface area contributed by atoms with Gasteiger partial charge in [-0.2, -0.15) is 0 Å². The number of anilines is 1. The van der Waals surface area contributed by atoms with Crippen LogP contribution in [0.4, 0.5) is 5.69 Å². The van der Waals surface area contributed by atoms with Crippen LogP contribution in [0.1, 0.15) is 25.7 Å². The Balaban J connectivity index is 1.76. The Hall–Kier alpha value is -1.59. The van der Waals surface area contributed by atoms with Crippen LogP contribution in [0.25, 0.3) is 0 Å². The molecule has 0 bridgehead atoms. The maximum atomic E-state index is 11.7. The first-order valence-corrected chi connectivity index (χ1v) is 7.47. The summed E-state index contributed by atoms with van der Waals surface area (Å²) in [6, 6.07) is 6.47. The van der Waals surface area contributed by atoms with Crippen LogP contribution in [0.3, 0.4) is 0 Å². The van der Waals surface area contributed by atoms with E-state index in [2.05, 4.69) is 10.6 Å². The number of hydrogen-bond acceptors (Lipinski definition) is 3. The summed E-state index contributed by atoms with van der Waals surface area (Å²) in [5, 5.41) is 15.4. The van der Waals surface area contributed by atoms with Crippen molar-refractivity contribution in [3.8, 4) is 0 Å². The van der Waals surface area contributed by atoms with Gasteiger partial charge < -0.3 is 15.7 Å². The van der Waals surface area contributed by atoms with Crippen molar-refractivity contribution in [1.29, 1.82) is 0 Å². The highest BCUT2D eigenvalue weighted by molar-refractivity contribution is 6.39. The molecule has 5 nitrogen and oxygen atoms in total. The van der Waals surface area contributed by atoms with Crippen LogP contribution < -0.4 is 10.6 Å². The Bertz CT molecular complexity index is 498. The van der Waals surface area contributed by atoms with Crippen LogP contribution in [0, 0.1) is 5.92 Å². The number of carbonyl (C=O) groups excluding carboxylic acids is 2. The number of hydrogen-bond donors (Lipinski definition) is 3. The summed E-state index contributed by atoms with van der Waals surface area (Å²) >= 11 is 5.74. The van der Waals surface area contributed by atoms with Gasteiger partial charge in [-0.1, -0.05) is 24.4 Å². The molecular formula is C15H19ClN2O3. The van der Waals surface area contributed by atoms with Gasteiger partial charge in [-0.3, -0.25) is 9.59 Å². The van der Waals surface area contributed by atoms with E-state index < -0.39 is 17.9 Å². The predicted octanol–water partition coefficient (Wildman–Crippen LogP) is 1.95. The molecule has 1 unspecified atom stereocenters. The van der Waals surface area contributed by atoms with Crippen LogP contribution in [-0.2, 0) is 9.59 Å². The number of aliphatic hydroxyl groups excluding tert-OH is 1. The van der Waals surface area contributed by atoms with Crippen LogP contribution >= 0.6 is 11.6 Å². The zero-order valence-corrected chi connectivity index (χ0v) is 12.4. The van der Waals surface area contributed by atoms with Crippen LogP contribution in [-0.4, -0.2) is 29.6 Å². The van der Waals surface area contributed by atoms with Crippen molar-refractivity contribution in [3.05, 3.63) is 29.3 Å². The van der Waals surface area contributed by atoms with Gasteiger partial charge in [0.2, 0.25) is 0 Å². The predicted molar refractivity (Wildman–Crippen MR) is 81.1 cm³/mol. The summed E-state index contributed by atoms with van der Waals surface area (Å²) in [6.45, 7) is 0.109. The van der Waals surface area contributed by atoms with Crippen molar-refractivity contribution in [2.45, 2.75) is 31.8 Å². The molecule has 0 radical (unpaired) electrons. The van der Waals surface area contributed by atoms with Crippen molar-refractivity contribution in [3.63, 3.8) is 0 Å². The third-order valence-electron chi connectivity index (χ3n) is 3.72. The first-order valence-electron chi connectivity index (χ1n) is 7.09. The smallest absolute Gasteiger partial charge is 0.313 e. The summed E-state index contributed by atoms with van der Waals surface area (Å²) in [6.07, 6.45) is 3.61. The van der Waals surface area contributed by atoms with E-state index in [9.17, 15) is 14.7 Å². The standard InChI is InChI=1S/C15H19ClN2O3/c16-11-5-7-12(8-6-11)18-15(21)14(20)17-9-13(19)10-3-1-2-4-10/h5-8,10,13,19H,1-4,9H2,(H,17,20)(H,18,21). The van der Waals surface area contributed by atoms with Gasteiger partial charge in [0.25, 0.3) is 0 Å². The summed E-state index contributed by atoms with van der Waals surface area (Å²) in [4.78, 5) is 23.4. The van der Waals surface area contributed by atoms with E-state index in [1.54, 1.807) is 24.3 Å². The first-order chi connectivity index (χ1) is 10.1. The van der Waals surface area contributed by atoms with E-state index in [4.69, 9.17) is 11.6 Å². The van der Waals surface area contributed by atoms with E-state index >= 15 is 0 Å². The highest BCUT2D eigenvalue weighted by atomic mass is 35.5. The minimum atomic E-state index is -0.754. The third kappa shape index (κ3) is 4.72. The van der Waals surface area contributed by atoms with Gasteiger partial charge in [-0.25, -0.2) is 0 Å². The molecule has 2 amide bonds. The Morgan fingerprint density at radius 1 is 1.19 bits per heavy atom. The summed E-state index contributed by atoms with van der Waals surface area (Å²) < 4.78 is 0. The Morgan fingerprint density at radius 3 is 2.43 bits per heavy atom. The average molecular weight is 311 g/mol. The van der Waals surface area contributed by atoms with Crippen molar-refractivity contribution < 1.29 is 14.7 Å². The van der Waals surface area contributed by atoms with E-state index in [1.165, 1.54) is 0 Å². The Labute approximate surface area is 128 Å². The number of carbonyl (C=O) groups is 2. The SMILES string of the molecule is O=C(NCC(O)C1CCCC1)C(=O)Nc1ccc(Cl)cc1. The molecule has 0 saturated heterocycles. The Kier molecular flexibility index (Phi) is 5.59. The van der Waals surface area contributed by atoms with Crippen LogP contribution in [0.2, 0.25) is 5.02 Å². The topological polar surface area (TPSA) is 78.4 Å². The molecule has 2 rings (SSSR count). The molecule has 1 saturated carbocycles. The molecule has 21 heavy (non-hydrogen) atoms. The summed E-state index contributed by atoms with van der Waals surface area (Å²) in [5.74, 6) is -1.28. The number of rotatable bonds is 4. The van der Waals surface area contributed by atoms with E-state index in [1.807, 2.05) is 0 Å². The van der Waals surface area contributed by atoms with Crippen LogP contribution in [0.15, 0.2) is 24.3 Å². The number of amides is 2. The normalized spacial score (nSPS) is 16.5. The molecule has 0 heterocycles. The minimum Gasteiger partial charge on any atom is -0.391 e. The molecule has 1 aromatic carbocycles. The molecule has 1 aliphatic carbocycles. The minimum absolute atomic E-state index is 0.109. The van der Waals surface area contributed by atoms with Gasteiger partial charge >= 0.3 is 11.8 Å². The number of aliphatic hydroxyl groups is 1. The van der Waals surface area contributed by atoms with Crippen molar-refractivity contribution in [2.75, 3.05) is 11.9 Å². The molecule has 1 aromatic rings. The quantitative estimate of drug-likeness (QED) is 0.744. The first kappa shape index (κ1) is 15.8. The zero-order chi connectivity index (χ0) is 15.2. The molecular weight excluding hydrogens is 292 g/mol. The molecule has 1 aliphatic rings. The Morgan fingerprint density at radius 2 is 1.81 bits per heavy atom. The molecule has 1 atom stereocenters. The molecule has 0 aliphatic heterocycles. The lowest BCUT2D eigenvalue weighted by atomic mass is 10.0. The molecule has 114 valence electrons. The second-order valence-electron chi connectivity index (χ2n) is 5.28. The third-order valence-corrected chi connectivity index (χ3v) is 3.98. The van der Waals surface area contributed by atoms with Crippen LogP contribution in [0.5, 0.6) is 0 Å². The van der Waals surface area contributed by atoms with Gasteiger partial charge in [0.1, 0.15) is 0 Å². The fraction of sp³-hybridized carbons (Fsp3) is 0.467. The van der Waals surface area contributed by atoms with E-state index in [-0.39, 0.29) is 12.5 Å². The van der Waals surface area contributed by atoms with Gasteiger partial charge in [0.05, 0.1) is 6.10 Å². The second kappa shape index (κ2) is 7.43. The summed E-state index contributed by atoms with van der Waals surface area (Å²) in [5.41, 5.74) is 0.496. The summed E-state index contributed by atoms with van der Waals surface area (Å²) in [7, 11) is 0. The fourth-order valence-corrected chi connectivity index (χ4v) is 2.63. The van der Waals surface area contributed by atoms with Gasteiger partial charge in [-0.05, 0) is 43.0 Å². The number of benzene rings is 1. The lowest BCUT2D eigenvalue weighted by molar-refractivity contribution is -0.136.